The highest BCUT2D eigenvalue weighted by atomic mass is 79.9. The molecule has 0 spiro atoms. The van der Waals surface area contributed by atoms with Crippen molar-refractivity contribution in [3.63, 3.8) is 0 Å². The van der Waals surface area contributed by atoms with Crippen LogP contribution in [0.15, 0.2) is 45.7 Å². The largest absolute Gasteiger partial charge is 0.496 e. The Balaban J connectivity index is 1.91. The van der Waals surface area contributed by atoms with Crippen molar-refractivity contribution < 1.29 is 9.47 Å². The first-order valence-electron chi connectivity index (χ1n) is 7.55. The lowest BCUT2D eigenvalue weighted by Crippen LogP contribution is -2.23. The van der Waals surface area contributed by atoms with Crippen LogP contribution < -0.4 is 15.2 Å². The Labute approximate surface area is 152 Å². The van der Waals surface area contributed by atoms with Crippen molar-refractivity contribution in [2.75, 3.05) is 7.11 Å². The molecule has 0 aliphatic carbocycles. The monoisotopic (exact) mass is 404 g/mol. The molecule has 0 amide bonds. The number of hydrogen-bond donors (Lipinski definition) is 0. The molecule has 0 unspecified atom stereocenters. The summed E-state index contributed by atoms with van der Waals surface area (Å²) in [4.78, 5) is 12.2. The van der Waals surface area contributed by atoms with Gasteiger partial charge in [-0.3, -0.25) is 0 Å². The zero-order chi connectivity index (χ0) is 18.0. The van der Waals surface area contributed by atoms with Crippen LogP contribution in [0, 0.1) is 6.92 Å². The molecule has 0 aliphatic rings. The third-order valence-electron chi connectivity index (χ3n) is 3.84. The average Bonchev–Trinajstić information content (AvgIpc) is 2.93. The van der Waals surface area contributed by atoms with Gasteiger partial charge in [-0.1, -0.05) is 12.1 Å². The van der Waals surface area contributed by atoms with Crippen LogP contribution >= 0.6 is 15.9 Å². The van der Waals surface area contributed by atoms with Crippen LogP contribution in [0.5, 0.6) is 11.5 Å². The zero-order valence-electron chi connectivity index (χ0n) is 14.1. The van der Waals surface area contributed by atoms with Gasteiger partial charge in [0, 0.05) is 12.6 Å². The summed E-state index contributed by atoms with van der Waals surface area (Å²) < 4.78 is 14.4. The molecule has 25 heavy (non-hydrogen) atoms. The highest BCUT2D eigenvalue weighted by Gasteiger charge is 2.13. The molecule has 8 heteroatoms. The smallest absolute Gasteiger partial charge is 0.368 e. The predicted octanol–water partition coefficient (Wildman–Crippen LogP) is 2.62. The van der Waals surface area contributed by atoms with Gasteiger partial charge in [0.05, 0.1) is 17.3 Å². The van der Waals surface area contributed by atoms with E-state index in [1.54, 1.807) is 14.2 Å². The van der Waals surface area contributed by atoms with Gasteiger partial charge in [-0.05, 0) is 63.1 Å². The molecule has 0 N–H and O–H groups in total. The van der Waals surface area contributed by atoms with E-state index in [-0.39, 0.29) is 5.69 Å². The second-order valence-corrected chi connectivity index (χ2v) is 6.31. The maximum Gasteiger partial charge on any atom is 0.368 e. The van der Waals surface area contributed by atoms with E-state index >= 15 is 0 Å². The minimum atomic E-state index is -0.306. The van der Waals surface area contributed by atoms with Crippen LogP contribution in [-0.4, -0.2) is 26.9 Å². The summed E-state index contributed by atoms with van der Waals surface area (Å²) in [5.41, 5.74) is 2.23. The van der Waals surface area contributed by atoms with Gasteiger partial charge in [-0.25, -0.2) is 4.79 Å². The van der Waals surface area contributed by atoms with E-state index in [0.717, 1.165) is 21.3 Å². The molecule has 2 aromatic carbocycles. The first-order chi connectivity index (χ1) is 12.0. The summed E-state index contributed by atoms with van der Waals surface area (Å²) in [6.45, 7) is 2.26. The molecule has 3 aromatic rings. The van der Waals surface area contributed by atoms with Gasteiger partial charge in [0.2, 0.25) is 0 Å². The highest BCUT2D eigenvalue weighted by Crippen LogP contribution is 2.29. The summed E-state index contributed by atoms with van der Waals surface area (Å²) in [5.74, 6) is 1.42. The Bertz CT molecular complexity index is 965. The predicted molar refractivity (Wildman–Crippen MR) is 96.4 cm³/mol. The lowest BCUT2D eigenvalue weighted by Gasteiger charge is -2.13. The average molecular weight is 405 g/mol. The Morgan fingerprint density at radius 2 is 2.00 bits per heavy atom. The van der Waals surface area contributed by atoms with Crippen LogP contribution in [0.3, 0.4) is 0 Å². The van der Waals surface area contributed by atoms with Gasteiger partial charge in [0.15, 0.2) is 0 Å². The molecule has 0 fully saturated rings. The molecule has 0 atom stereocenters. The Morgan fingerprint density at radius 3 is 2.64 bits per heavy atom. The molecule has 130 valence electrons. The molecule has 0 aliphatic heterocycles. The van der Waals surface area contributed by atoms with Gasteiger partial charge in [0.25, 0.3) is 0 Å². The van der Waals surface area contributed by atoms with Crippen LogP contribution in [0.4, 0.5) is 0 Å². The van der Waals surface area contributed by atoms with Crippen molar-refractivity contribution in [2.24, 2.45) is 7.05 Å². The van der Waals surface area contributed by atoms with Crippen LogP contribution in [0.25, 0.3) is 5.69 Å². The molecule has 7 nitrogen and oxygen atoms in total. The van der Waals surface area contributed by atoms with Crippen LogP contribution in [0.2, 0.25) is 0 Å². The Kier molecular flexibility index (Phi) is 4.89. The number of aromatic nitrogens is 4. The number of rotatable bonds is 5. The normalized spacial score (nSPS) is 10.7. The maximum atomic E-state index is 12.2. The van der Waals surface area contributed by atoms with Crippen molar-refractivity contribution in [1.82, 2.24) is 19.8 Å². The van der Waals surface area contributed by atoms with E-state index < -0.39 is 0 Å². The molecule has 1 heterocycles. The fraction of sp³-hybridized carbons (Fsp3) is 0.235. The van der Waals surface area contributed by atoms with Gasteiger partial charge in [-0.2, -0.15) is 9.36 Å². The van der Waals surface area contributed by atoms with Crippen molar-refractivity contribution in [3.8, 4) is 17.2 Å². The summed E-state index contributed by atoms with van der Waals surface area (Å²) in [7, 11) is 3.17. The number of benzene rings is 2. The van der Waals surface area contributed by atoms with E-state index in [9.17, 15) is 4.79 Å². The molecule has 0 saturated heterocycles. The maximum absolute atomic E-state index is 12.2. The second kappa shape index (κ2) is 7.10. The molecule has 0 saturated carbocycles. The third-order valence-corrected chi connectivity index (χ3v) is 4.46. The van der Waals surface area contributed by atoms with Gasteiger partial charge in [0.1, 0.15) is 18.1 Å². The topological polar surface area (TPSA) is 71.2 Å². The first-order valence-corrected chi connectivity index (χ1v) is 8.34. The Morgan fingerprint density at radius 1 is 1.20 bits per heavy atom. The van der Waals surface area contributed by atoms with Gasteiger partial charge < -0.3 is 9.47 Å². The van der Waals surface area contributed by atoms with Crippen molar-refractivity contribution in [2.45, 2.75) is 13.5 Å². The minimum absolute atomic E-state index is 0.295. The summed E-state index contributed by atoms with van der Waals surface area (Å²) in [6.07, 6.45) is 0. The minimum Gasteiger partial charge on any atom is -0.496 e. The number of nitrogens with zero attached hydrogens (tertiary/aromatic N) is 4. The molecule has 0 bridgehead atoms. The summed E-state index contributed by atoms with van der Waals surface area (Å²) in [5, 5.41) is 7.69. The zero-order valence-corrected chi connectivity index (χ0v) is 15.6. The van der Waals surface area contributed by atoms with E-state index in [1.807, 2.05) is 43.3 Å². The molecule has 0 radical (unpaired) electrons. The molecule has 3 rings (SSSR count). The molecule has 1 aromatic heterocycles. The number of tetrazole rings is 1. The number of hydrogen-bond acceptors (Lipinski definition) is 5. The van der Waals surface area contributed by atoms with E-state index in [0.29, 0.717) is 18.0 Å². The molecular weight excluding hydrogens is 388 g/mol. The Hall–Kier alpha value is -2.61. The van der Waals surface area contributed by atoms with Crippen molar-refractivity contribution in [3.05, 3.63) is 62.5 Å². The summed E-state index contributed by atoms with van der Waals surface area (Å²) >= 11 is 3.44. The quantitative estimate of drug-likeness (QED) is 0.653. The number of methoxy groups -OCH3 is 1. The lowest BCUT2D eigenvalue weighted by atomic mass is 10.1. The number of ether oxygens (including phenoxy) is 2. The van der Waals surface area contributed by atoms with Crippen LogP contribution in [-0.2, 0) is 13.7 Å². The SMILES string of the molecule is COc1ccc(OCc2c(C)cccc2-n2nnn(C)c2=O)cc1Br. The standard InChI is InChI=1S/C17H17BrN4O3/c1-11-5-4-6-15(22-17(23)21(2)19-20-22)13(11)10-25-12-7-8-16(24-3)14(18)9-12/h4-9H,10H2,1-3H3. The second-order valence-electron chi connectivity index (χ2n) is 5.45. The fourth-order valence-electron chi connectivity index (χ4n) is 2.43. The van der Waals surface area contributed by atoms with E-state index in [2.05, 4.69) is 26.4 Å². The molecular formula is C17H17BrN4O3. The van der Waals surface area contributed by atoms with E-state index in [1.165, 1.54) is 9.36 Å². The summed E-state index contributed by atoms with van der Waals surface area (Å²) in [6, 6.07) is 11.2. The number of halogens is 1. The van der Waals surface area contributed by atoms with Crippen molar-refractivity contribution >= 4 is 15.9 Å². The first kappa shape index (κ1) is 17.2. The fourth-order valence-corrected chi connectivity index (χ4v) is 2.95. The third kappa shape index (κ3) is 3.43. The number of aryl methyl sites for hydroxylation is 2. The van der Waals surface area contributed by atoms with Gasteiger partial charge in [-0.15, -0.1) is 0 Å². The highest BCUT2D eigenvalue weighted by molar-refractivity contribution is 9.10. The van der Waals surface area contributed by atoms with Crippen LogP contribution in [0.1, 0.15) is 11.1 Å². The van der Waals surface area contributed by atoms with Gasteiger partial charge >= 0.3 is 5.69 Å². The lowest BCUT2D eigenvalue weighted by molar-refractivity contribution is 0.303. The van der Waals surface area contributed by atoms with Crippen molar-refractivity contribution in [1.29, 1.82) is 0 Å². The van der Waals surface area contributed by atoms with E-state index in [4.69, 9.17) is 9.47 Å².